The molecule has 1 N–H and O–H groups in total. The lowest BCUT2D eigenvalue weighted by molar-refractivity contribution is -0.150. The predicted molar refractivity (Wildman–Crippen MR) is 157 cm³/mol. The fraction of sp³-hybridized carbons (Fsp3) is 0.182. The molecule has 6 nitrogen and oxygen atoms in total. The lowest BCUT2D eigenvalue weighted by Gasteiger charge is -2.14. The molecule has 0 radical (unpaired) electrons. The van der Waals surface area contributed by atoms with Crippen LogP contribution in [0.15, 0.2) is 95.8 Å². The Hall–Kier alpha value is -4.42. The molecule has 0 aliphatic heterocycles. The molecular weight excluding hydrogens is 522 g/mol. The summed E-state index contributed by atoms with van der Waals surface area (Å²) in [5.74, 6) is 0.660. The summed E-state index contributed by atoms with van der Waals surface area (Å²) in [5.41, 5.74) is 8.33. The summed E-state index contributed by atoms with van der Waals surface area (Å²) in [4.78, 5) is 16.4. The Bertz CT molecular complexity index is 1660. The average Bonchev–Trinajstić information content (AvgIpc) is 3.77. The number of carbonyl (C=O) groups excluding carboxylic acids is 1. The van der Waals surface area contributed by atoms with Gasteiger partial charge in [0.05, 0.1) is 17.8 Å². The number of anilines is 2. The largest absolute Gasteiger partial charge is 0.458 e. The van der Waals surface area contributed by atoms with Gasteiger partial charge in [-0.2, -0.15) is 0 Å². The van der Waals surface area contributed by atoms with Crippen molar-refractivity contribution in [2.45, 2.75) is 32.8 Å². The average molecular weight is 550 g/mol. The second kappa shape index (κ2) is 11.0. The number of aryl methyl sites for hydroxylation is 1. The molecule has 6 rings (SSSR count). The highest BCUT2D eigenvalue weighted by molar-refractivity contribution is 6.30. The molecule has 1 saturated carbocycles. The highest BCUT2D eigenvalue weighted by Gasteiger charge is 2.32. The van der Waals surface area contributed by atoms with Crippen LogP contribution in [-0.4, -0.2) is 16.1 Å². The Morgan fingerprint density at radius 3 is 2.33 bits per heavy atom. The number of aromatic nitrogens is 2. The summed E-state index contributed by atoms with van der Waals surface area (Å²) in [7, 11) is 0. The molecule has 5 aromatic rings. The van der Waals surface area contributed by atoms with Gasteiger partial charge in [0, 0.05) is 22.3 Å². The molecular formula is C33H28ClN3O3. The SMILES string of the molecule is Cc1noc(-c2ccc(-c3ccc(C(C)OC(=O)C4CC4)cc3)cc2)c1Nc1cncc(-c2cccc(Cl)c2)c1. The van der Waals surface area contributed by atoms with Crippen LogP contribution in [0.5, 0.6) is 0 Å². The minimum Gasteiger partial charge on any atom is -0.458 e. The van der Waals surface area contributed by atoms with Crippen molar-refractivity contribution in [2.75, 3.05) is 5.32 Å². The molecule has 1 atom stereocenters. The topological polar surface area (TPSA) is 77.2 Å². The van der Waals surface area contributed by atoms with E-state index in [4.69, 9.17) is 20.9 Å². The first-order chi connectivity index (χ1) is 19.4. The number of ether oxygens (including phenoxy) is 1. The number of nitrogens with zero attached hydrogens (tertiary/aromatic N) is 2. The number of nitrogens with one attached hydrogen (secondary N) is 1. The highest BCUT2D eigenvalue weighted by atomic mass is 35.5. The zero-order valence-electron chi connectivity index (χ0n) is 22.2. The molecule has 200 valence electrons. The first-order valence-electron chi connectivity index (χ1n) is 13.3. The summed E-state index contributed by atoms with van der Waals surface area (Å²) in [6.07, 6.45) is 5.21. The van der Waals surface area contributed by atoms with Crippen LogP contribution in [0.1, 0.15) is 37.1 Å². The molecule has 0 spiro atoms. The number of halogens is 1. The minimum atomic E-state index is -0.258. The second-order valence-corrected chi connectivity index (χ2v) is 10.6. The van der Waals surface area contributed by atoms with Gasteiger partial charge in [0.2, 0.25) is 0 Å². The number of benzene rings is 3. The molecule has 0 saturated heterocycles. The van der Waals surface area contributed by atoms with Crippen LogP contribution < -0.4 is 5.32 Å². The fourth-order valence-corrected chi connectivity index (χ4v) is 4.80. The van der Waals surface area contributed by atoms with Crippen molar-refractivity contribution < 1.29 is 14.1 Å². The van der Waals surface area contributed by atoms with Crippen molar-refractivity contribution in [3.8, 4) is 33.6 Å². The summed E-state index contributed by atoms with van der Waals surface area (Å²) in [6.45, 7) is 3.82. The summed E-state index contributed by atoms with van der Waals surface area (Å²) in [6, 6.07) is 26.0. The van der Waals surface area contributed by atoms with Gasteiger partial charge in [-0.15, -0.1) is 0 Å². The van der Waals surface area contributed by atoms with Crippen LogP contribution in [0, 0.1) is 12.8 Å². The first kappa shape index (κ1) is 25.8. The van der Waals surface area contributed by atoms with Crippen LogP contribution in [0.2, 0.25) is 5.02 Å². The van der Waals surface area contributed by atoms with Crippen LogP contribution in [0.25, 0.3) is 33.6 Å². The van der Waals surface area contributed by atoms with Crippen LogP contribution in [0.3, 0.4) is 0 Å². The molecule has 3 aromatic carbocycles. The van der Waals surface area contributed by atoms with E-state index in [2.05, 4.69) is 39.7 Å². The Balaban J connectivity index is 1.19. The van der Waals surface area contributed by atoms with Crippen molar-refractivity contribution in [3.63, 3.8) is 0 Å². The number of hydrogen-bond acceptors (Lipinski definition) is 6. The van der Waals surface area contributed by atoms with E-state index in [9.17, 15) is 4.79 Å². The maximum atomic E-state index is 12.0. The Morgan fingerprint density at radius 2 is 1.62 bits per heavy atom. The number of hydrogen-bond donors (Lipinski definition) is 1. The third kappa shape index (κ3) is 5.63. The molecule has 1 aliphatic rings. The zero-order chi connectivity index (χ0) is 27.6. The lowest BCUT2D eigenvalue weighted by Crippen LogP contribution is -2.10. The van der Waals surface area contributed by atoms with Gasteiger partial charge in [-0.3, -0.25) is 9.78 Å². The normalized spacial score (nSPS) is 13.6. The monoisotopic (exact) mass is 549 g/mol. The maximum absolute atomic E-state index is 12.0. The minimum absolute atomic E-state index is 0.0891. The Labute approximate surface area is 238 Å². The van der Waals surface area contributed by atoms with E-state index in [-0.39, 0.29) is 18.0 Å². The number of rotatable bonds is 8. The third-order valence-corrected chi connectivity index (χ3v) is 7.33. The Morgan fingerprint density at radius 1 is 0.925 bits per heavy atom. The van der Waals surface area contributed by atoms with Gasteiger partial charge >= 0.3 is 5.97 Å². The number of pyridine rings is 1. The first-order valence-corrected chi connectivity index (χ1v) is 13.7. The van der Waals surface area contributed by atoms with Crippen molar-refractivity contribution in [3.05, 3.63) is 108 Å². The van der Waals surface area contributed by atoms with Gasteiger partial charge in [0.15, 0.2) is 5.76 Å². The molecule has 1 unspecified atom stereocenters. The van der Waals surface area contributed by atoms with Crippen LogP contribution in [-0.2, 0) is 9.53 Å². The predicted octanol–water partition coefficient (Wildman–Crippen LogP) is 8.79. The van der Waals surface area contributed by atoms with Crippen molar-refractivity contribution in [1.29, 1.82) is 0 Å². The van der Waals surface area contributed by atoms with Crippen LogP contribution in [0.4, 0.5) is 11.4 Å². The van der Waals surface area contributed by atoms with E-state index < -0.39 is 0 Å². The van der Waals surface area contributed by atoms with Gasteiger partial charge < -0.3 is 14.6 Å². The van der Waals surface area contributed by atoms with E-state index in [1.807, 2.05) is 74.6 Å². The van der Waals surface area contributed by atoms with E-state index in [0.29, 0.717) is 10.8 Å². The van der Waals surface area contributed by atoms with Crippen molar-refractivity contribution in [1.82, 2.24) is 10.1 Å². The highest BCUT2D eigenvalue weighted by Crippen LogP contribution is 2.36. The number of carbonyl (C=O) groups is 1. The molecule has 0 amide bonds. The molecule has 1 aliphatic carbocycles. The quantitative estimate of drug-likeness (QED) is 0.195. The van der Waals surface area contributed by atoms with Crippen molar-refractivity contribution >= 4 is 28.9 Å². The zero-order valence-corrected chi connectivity index (χ0v) is 23.0. The lowest BCUT2D eigenvalue weighted by atomic mass is 10.00. The van der Waals surface area contributed by atoms with E-state index in [1.54, 1.807) is 6.20 Å². The van der Waals surface area contributed by atoms with E-state index in [1.165, 1.54) is 0 Å². The third-order valence-electron chi connectivity index (χ3n) is 7.09. The Kier molecular flexibility index (Phi) is 7.10. The summed E-state index contributed by atoms with van der Waals surface area (Å²) in [5, 5.41) is 8.33. The summed E-state index contributed by atoms with van der Waals surface area (Å²) < 4.78 is 11.3. The molecule has 7 heteroatoms. The van der Waals surface area contributed by atoms with Crippen molar-refractivity contribution in [2.24, 2.45) is 5.92 Å². The van der Waals surface area contributed by atoms with E-state index >= 15 is 0 Å². The number of esters is 1. The second-order valence-electron chi connectivity index (χ2n) is 10.1. The maximum Gasteiger partial charge on any atom is 0.309 e. The molecule has 40 heavy (non-hydrogen) atoms. The molecule has 1 fully saturated rings. The molecule has 0 bridgehead atoms. The fourth-order valence-electron chi connectivity index (χ4n) is 4.61. The van der Waals surface area contributed by atoms with Gasteiger partial charge in [-0.1, -0.05) is 77.4 Å². The standard InChI is InChI=1S/C33H28ClN3O3/c1-20-31(36-30-17-28(18-35-19-30)27-4-3-5-29(34)16-27)32(40-37-20)25-12-10-24(11-13-25)23-8-6-22(7-9-23)21(2)39-33(38)26-14-15-26/h3-13,16-19,21,26,36H,14-15H2,1-2H3. The summed E-state index contributed by atoms with van der Waals surface area (Å²) >= 11 is 6.18. The smallest absolute Gasteiger partial charge is 0.309 e. The van der Waals surface area contributed by atoms with Gasteiger partial charge in [0.25, 0.3) is 0 Å². The molecule has 2 heterocycles. The van der Waals surface area contributed by atoms with E-state index in [0.717, 1.165) is 63.3 Å². The molecule has 2 aromatic heterocycles. The van der Waals surface area contributed by atoms with Crippen LogP contribution >= 0.6 is 11.6 Å². The van der Waals surface area contributed by atoms with Gasteiger partial charge in [-0.25, -0.2) is 0 Å². The van der Waals surface area contributed by atoms with Gasteiger partial charge in [0.1, 0.15) is 17.5 Å². The van der Waals surface area contributed by atoms with Gasteiger partial charge in [-0.05, 0) is 67.1 Å².